The van der Waals surface area contributed by atoms with E-state index in [1.807, 2.05) is 0 Å². The lowest BCUT2D eigenvalue weighted by molar-refractivity contribution is -0.132. The number of ether oxygens (including phenoxy) is 1. The number of amides is 2. The molecule has 24 heavy (non-hydrogen) atoms. The number of hydrogen-bond donors (Lipinski definition) is 1. The quantitative estimate of drug-likeness (QED) is 0.785. The lowest BCUT2D eigenvalue weighted by Gasteiger charge is -2.30. The number of carbonyl (C=O) groups excluding carboxylic acids is 2. The topological polar surface area (TPSA) is 110 Å². The number of nitrogens with zero attached hydrogens (tertiary/aromatic N) is 2. The molecule has 1 fully saturated rings. The summed E-state index contributed by atoms with van der Waals surface area (Å²) in [4.78, 5) is 24.6. The third-order valence-corrected chi connectivity index (χ3v) is 6.17. The number of sulfonamides is 1. The van der Waals surface area contributed by atoms with Gasteiger partial charge in [-0.3, -0.25) is 9.59 Å². The Morgan fingerprint density at radius 1 is 1.29 bits per heavy atom. The van der Waals surface area contributed by atoms with Crippen LogP contribution >= 0.6 is 0 Å². The zero-order valence-corrected chi connectivity index (χ0v) is 14.1. The van der Waals surface area contributed by atoms with Gasteiger partial charge in [-0.05, 0) is 30.2 Å². The van der Waals surface area contributed by atoms with Crippen molar-refractivity contribution in [2.75, 3.05) is 31.1 Å². The zero-order valence-electron chi connectivity index (χ0n) is 13.3. The van der Waals surface area contributed by atoms with Gasteiger partial charge in [-0.25, -0.2) is 8.42 Å². The molecule has 1 aromatic rings. The van der Waals surface area contributed by atoms with Crippen molar-refractivity contribution in [1.29, 1.82) is 0 Å². The van der Waals surface area contributed by atoms with Gasteiger partial charge >= 0.3 is 0 Å². The van der Waals surface area contributed by atoms with Crippen molar-refractivity contribution in [3.63, 3.8) is 0 Å². The molecule has 2 amide bonds. The Kier molecular flexibility index (Phi) is 4.33. The van der Waals surface area contributed by atoms with Crippen LogP contribution in [-0.2, 0) is 30.8 Å². The van der Waals surface area contributed by atoms with Crippen LogP contribution in [0.25, 0.3) is 0 Å². The molecular formula is C15H19N3O5S. The molecule has 9 heteroatoms. The second-order valence-electron chi connectivity index (χ2n) is 5.84. The van der Waals surface area contributed by atoms with Gasteiger partial charge in [0, 0.05) is 32.2 Å². The lowest BCUT2D eigenvalue weighted by atomic mass is 10.2. The first-order valence-corrected chi connectivity index (χ1v) is 9.07. The van der Waals surface area contributed by atoms with E-state index in [1.54, 1.807) is 17.0 Å². The minimum absolute atomic E-state index is 0.0677. The Bertz CT molecular complexity index is 792. The highest BCUT2D eigenvalue weighted by Gasteiger charge is 2.34. The van der Waals surface area contributed by atoms with Crippen molar-refractivity contribution in [3.8, 4) is 0 Å². The number of primary amides is 1. The van der Waals surface area contributed by atoms with E-state index in [0.29, 0.717) is 13.0 Å². The third-order valence-electron chi connectivity index (χ3n) is 4.31. The Morgan fingerprint density at radius 3 is 2.71 bits per heavy atom. The summed E-state index contributed by atoms with van der Waals surface area (Å²) < 4.78 is 32.0. The third kappa shape index (κ3) is 2.90. The van der Waals surface area contributed by atoms with E-state index in [9.17, 15) is 18.0 Å². The summed E-state index contributed by atoms with van der Waals surface area (Å²) in [6.45, 7) is 2.24. The lowest BCUT2D eigenvalue weighted by Crippen LogP contribution is -2.50. The van der Waals surface area contributed by atoms with Crippen LogP contribution in [0.3, 0.4) is 0 Å². The molecule has 3 rings (SSSR count). The van der Waals surface area contributed by atoms with Crippen molar-refractivity contribution in [2.45, 2.75) is 24.3 Å². The maximum absolute atomic E-state index is 12.8. The van der Waals surface area contributed by atoms with E-state index in [-0.39, 0.29) is 30.5 Å². The predicted molar refractivity (Wildman–Crippen MR) is 85.9 cm³/mol. The molecule has 2 N–H and O–H groups in total. The Morgan fingerprint density at radius 2 is 2.04 bits per heavy atom. The smallest absolute Gasteiger partial charge is 0.247 e. The van der Waals surface area contributed by atoms with Crippen LogP contribution in [0.5, 0.6) is 0 Å². The molecule has 130 valence electrons. The highest BCUT2D eigenvalue weighted by atomic mass is 32.2. The van der Waals surface area contributed by atoms with Gasteiger partial charge in [0.25, 0.3) is 0 Å². The zero-order chi connectivity index (χ0) is 17.5. The number of morpholine rings is 1. The molecule has 0 aromatic heterocycles. The van der Waals surface area contributed by atoms with E-state index in [4.69, 9.17) is 10.5 Å². The van der Waals surface area contributed by atoms with Crippen molar-refractivity contribution >= 4 is 27.5 Å². The SMILES string of the molecule is CC(=O)N1CCc2cc(S(=O)(=O)N3CCOC(C(N)=O)C3)ccc21. The summed E-state index contributed by atoms with van der Waals surface area (Å²) in [7, 11) is -3.75. The molecular weight excluding hydrogens is 334 g/mol. The van der Waals surface area contributed by atoms with E-state index < -0.39 is 22.0 Å². The minimum Gasteiger partial charge on any atom is -0.367 e. The van der Waals surface area contributed by atoms with Crippen LogP contribution in [0.2, 0.25) is 0 Å². The van der Waals surface area contributed by atoms with Gasteiger partial charge in [0.05, 0.1) is 11.5 Å². The normalized spacial score (nSPS) is 21.5. The largest absolute Gasteiger partial charge is 0.367 e. The van der Waals surface area contributed by atoms with Crippen molar-refractivity contribution < 1.29 is 22.7 Å². The van der Waals surface area contributed by atoms with Crippen LogP contribution in [0.1, 0.15) is 12.5 Å². The molecule has 1 unspecified atom stereocenters. The van der Waals surface area contributed by atoms with Gasteiger partial charge in [0.15, 0.2) is 0 Å². The van der Waals surface area contributed by atoms with Gasteiger partial charge in [-0.15, -0.1) is 0 Å². The number of anilines is 1. The fraction of sp³-hybridized carbons (Fsp3) is 0.467. The number of hydrogen-bond acceptors (Lipinski definition) is 5. The molecule has 0 bridgehead atoms. The van der Waals surface area contributed by atoms with Crippen LogP contribution in [-0.4, -0.2) is 56.9 Å². The summed E-state index contributed by atoms with van der Waals surface area (Å²) in [6.07, 6.45) is -0.318. The molecule has 1 atom stereocenters. The van der Waals surface area contributed by atoms with E-state index >= 15 is 0 Å². The molecule has 2 aliphatic heterocycles. The van der Waals surface area contributed by atoms with Gasteiger partial charge < -0.3 is 15.4 Å². The number of benzene rings is 1. The maximum atomic E-state index is 12.8. The number of rotatable bonds is 3. The molecule has 1 saturated heterocycles. The predicted octanol–water partition coefficient (Wildman–Crippen LogP) is -0.530. The van der Waals surface area contributed by atoms with E-state index in [2.05, 4.69) is 0 Å². The van der Waals surface area contributed by atoms with Gasteiger partial charge in [-0.2, -0.15) is 4.31 Å². The molecule has 8 nitrogen and oxygen atoms in total. The first-order chi connectivity index (χ1) is 11.3. The van der Waals surface area contributed by atoms with E-state index in [1.165, 1.54) is 17.3 Å². The molecule has 2 aliphatic rings. The van der Waals surface area contributed by atoms with E-state index in [0.717, 1.165) is 11.3 Å². The second kappa shape index (κ2) is 6.15. The summed E-state index contributed by atoms with van der Waals surface area (Å²) in [5.41, 5.74) is 6.78. The van der Waals surface area contributed by atoms with Crippen molar-refractivity contribution in [3.05, 3.63) is 23.8 Å². The maximum Gasteiger partial charge on any atom is 0.247 e. The molecule has 0 spiro atoms. The first kappa shape index (κ1) is 16.9. The molecule has 1 aromatic carbocycles. The molecule has 2 heterocycles. The van der Waals surface area contributed by atoms with Crippen LogP contribution < -0.4 is 10.6 Å². The minimum atomic E-state index is -3.75. The highest BCUT2D eigenvalue weighted by molar-refractivity contribution is 7.89. The molecule has 0 saturated carbocycles. The standard InChI is InChI=1S/C15H19N3O5S/c1-10(19)18-5-4-11-8-12(2-3-13(11)18)24(21,22)17-6-7-23-14(9-17)15(16)20/h2-3,8,14H,4-7,9H2,1H3,(H2,16,20). The Hall–Kier alpha value is -1.97. The van der Waals surface area contributed by atoms with Gasteiger partial charge in [-0.1, -0.05) is 0 Å². The van der Waals surface area contributed by atoms with Crippen LogP contribution in [0, 0.1) is 0 Å². The van der Waals surface area contributed by atoms with Crippen LogP contribution in [0.4, 0.5) is 5.69 Å². The highest BCUT2D eigenvalue weighted by Crippen LogP contribution is 2.31. The monoisotopic (exact) mass is 353 g/mol. The number of nitrogens with two attached hydrogens (primary N) is 1. The van der Waals surface area contributed by atoms with Gasteiger partial charge in [0.1, 0.15) is 6.10 Å². The first-order valence-electron chi connectivity index (χ1n) is 7.63. The van der Waals surface area contributed by atoms with Crippen LogP contribution in [0.15, 0.2) is 23.1 Å². The second-order valence-corrected chi connectivity index (χ2v) is 7.77. The Balaban J connectivity index is 1.88. The summed E-state index contributed by atoms with van der Waals surface area (Å²) >= 11 is 0. The summed E-state index contributed by atoms with van der Waals surface area (Å²) in [6, 6.07) is 4.75. The summed E-state index contributed by atoms with van der Waals surface area (Å²) in [5, 5.41) is 0. The fourth-order valence-corrected chi connectivity index (χ4v) is 4.51. The summed E-state index contributed by atoms with van der Waals surface area (Å²) in [5.74, 6) is -0.747. The molecule has 0 radical (unpaired) electrons. The average Bonchev–Trinajstić information content (AvgIpc) is 2.98. The van der Waals surface area contributed by atoms with Gasteiger partial charge in [0.2, 0.25) is 21.8 Å². The Labute approximate surface area is 140 Å². The number of fused-ring (bicyclic) bond motifs is 1. The number of carbonyl (C=O) groups is 2. The molecule has 0 aliphatic carbocycles. The van der Waals surface area contributed by atoms with Crippen molar-refractivity contribution in [1.82, 2.24) is 4.31 Å². The fourth-order valence-electron chi connectivity index (χ4n) is 3.03. The average molecular weight is 353 g/mol. The van der Waals surface area contributed by atoms with Crippen molar-refractivity contribution in [2.24, 2.45) is 5.73 Å².